The van der Waals surface area contributed by atoms with Gasteiger partial charge in [-0.1, -0.05) is 46.4 Å². The lowest BCUT2D eigenvalue weighted by Gasteiger charge is -1.90. The summed E-state index contributed by atoms with van der Waals surface area (Å²) in [5, 5.41) is 0. The Balaban J connectivity index is 3.93. The molecule has 0 aromatic heterocycles. The topological polar surface area (TPSA) is 17.1 Å². The summed E-state index contributed by atoms with van der Waals surface area (Å²) in [7, 11) is 0. The molecule has 0 saturated heterocycles. The van der Waals surface area contributed by atoms with Gasteiger partial charge in [0.2, 0.25) is 0 Å². The van der Waals surface area contributed by atoms with Crippen molar-refractivity contribution in [3.63, 3.8) is 0 Å². The average Bonchev–Trinajstić information content (AvgIpc) is 1.63. The minimum atomic E-state index is -1.09. The standard InChI is InChI=1S/C4H2Cl4O/c5-3(6)1-2(9)4(7)8/h1,4H. The Morgan fingerprint density at radius 3 is 1.89 bits per heavy atom. The summed E-state index contributed by atoms with van der Waals surface area (Å²) in [5.41, 5.74) is 0. The molecule has 0 aliphatic heterocycles. The summed E-state index contributed by atoms with van der Waals surface area (Å²) in [6.07, 6.45) is 0.952. The highest BCUT2D eigenvalue weighted by Crippen LogP contribution is 2.10. The van der Waals surface area contributed by atoms with Crippen LogP contribution >= 0.6 is 46.4 Å². The van der Waals surface area contributed by atoms with E-state index in [1.807, 2.05) is 0 Å². The van der Waals surface area contributed by atoms with E-state index >= 15 is 0 Å². The van der Waals surface area contributed by atoms with E-state index in [1.54, 1.807) is 0 Å². The number of rotatable bonds is 2. The second-order valence-corrected chi connectivity index (χ2v) is 3.24. The SMILES string of the molecule is O=C(C=C(Cl)Cl)C(Cl)Cl. The van der Waals surface area contributed by atoms with Crippen molar-refractivity contribution in [2.45, 2.75) is 4.84 Å². The highest BCUT2D eigenvalue weighted by molar-refractivity contribution is 6.59. The van der Waals surface area contributed by atoms with E-state index in [-0.39, 0.29) is 4.49 Å². The van der Waals surface area contributed by atoms with Crippen LogP contribution in [0.1, 0.15) is 0 Å². The summed E-state index contributed by atoms with van der Waals surface area (Å²) in [4.78, 5) is 9.36. The monoisotopic (exact) mass is 206 g/mol. The smallest absolute Gasteiger partial charge is 0.190 e. The third kappa shape index (κ3) is 5.04. The molecule has 0 atom stereocenters. The van der Waals surface area contributed by atoms with Crippen LogP contribution in [0.25, 0.3) is 0 Å². The molecule has 0 radical (unpaired) electrons. The number of hydrogen-bond donors (Lipinski definition) is 0. The van der Waals surface area contributed by atoms with Gasteiger partial charge in [0.25, 0.3) is 0 Å². The van der Waals surface area contributed by atoms with Gasteiger partial charge in [0, 0.05) is 6.08 Å². The molecule has 0 aliphatic carbocycles. The molecule has 0 spiro atoms. The normalized spacial score (nSPS) is 9.44. The predicted octanol–water partition coefficient (Wildman–Crippen LogP) is 2.68. The van der Waals surface area contributed by atoms with Crippen LogP contribution in [-0.4, -0.2) is 10.6 Å². The van der Waals surface area contributed by atoms with Crippen LogP contribution in [0.3, 0.4) is 0 Å². The van der Waals surface area contributed by atoms with E-state index in [4.69, 9.17) is 46.4 Å². The van der Waals surface area contributed by atoms with Crippen LogP contribution in [0.2, 0.25) is 0 Å². The fourth-order valence-corrected chi connectivity index (χ4v) is 0.512. The molecule has 0 unspecified atom stereocenters. The van der Waals surface area contributed by atoms with Gasteiger partial charge in [0.1, 0.15) is 4.49 Å². The van der Waals surface area contributed by atoms with E-state index in [9.17, 15) is 4.79 Å². The fraction of sp³-hybridized carbons (Fsp3) is 0.250. The summed E-state index contributed by atoms with van der Waals surface area (Å²) in [6.45, 7) is 0. The van der Waals surface area contributed by atoms with E-state index in [0.29, 0.717) is 0 Å². The highest BCUT2D eigenvalue weighted by atomic mass is 35.5. The fourth-order valence-electron chi connectivity index (χ4n) is 0.171. The van der Waals surface area contributed by atoms with Crippen LogP contribution in [0.5, 0.6) is 0 Å². The van der Waals surface area contributed by atoms with Crippen molar-refractivity contribution in [2.24, 2.45) is 0 Å². The summed E-state index contributed by atoms with van der Waals surface area (Å²) in [6, 6.07) is 0. The van der Waals surface area contributed by atoms with Gasteiger partial charge in [-0.3, -0.25) is 4.79 Å². The van der Waals surface area contributed by atoms with Crippen molar-refractivity contribution >= 4 is 52.2 Å². The Morgan fingerprint density at radius 1 is 1.33 bits per heavy atom. The Bertz CT molecular complexity index is 136. The van der Waals surface area contributed by atoms with Crippen LogP contribution < -0.4 is 0 Å². The molecule has 0 aromatic rings. The van der Waals surface area contributed by atoms with Gasteiger partial charge in [0.15, 0.2) is 10.6 Å². The van der Waals surface area contributed by atoms with Crippen LogP contribution in [0.4, 0.5) is 0 Å². The number of hydrogen-bond acceptors (Lipinski definition) is 1. The summed E-state index contributed by atoms with van der Waals surface area (Å²) >= 11 is 20.5. The van der Waals surface area contributed by atoms with Crippen molar-refractivity contribution in [2.75, 3.05) is 0 Å². The number of alkyl halides is 2. The number of carbonyl (C=O) groups is 1. The van der Waals surface area contributed by atoms with E-state index in [2.05, 4.69) is 0 Å². The quantitative estimate of drug-likeness (QED) is 0.503. The first-order valence-corrected chi connectivity index (χ1v) is 3.51. The molecule has 0 N–H and O–H groups in total. The molecule has 0 aliphatic rings. The van der Waals surface area contributed by atoms with E-state index in [0.717, 1.165) is 6.08 Å². The van der Waals surface area contributed by atoms with E-state index in [1.165, 1.54) is 0 Å². The minimum absolute atomic E-state index is 0.147. The molecule has 0 saturated carbocycles. The molecule has 52 valence electrons. The number of halogens is 4. The maximum Gasteiger partial charge on any atom is 0.190 e. The Kier molecular flexibility index (Phi) is 4.67. The van der Waals surface area contributed by atoms with Crippen LogP contribution in [0, 0.1) is 0 Å². The molecule has 0 aromatic carbocycles. The Morgan fingerprint density at radius 2 is 1.78 bits per heavy atom. The molecule has 1 nitrogen and oxygen atoms in total. The first-order valence-electron chi connectivity index (χ1n) is 1.88. The first-order chi connectivity index (χ1) is 4.04. The van der Waals surface area contributed by atoms with Gasteiger partial charge in [-0.25, -0.2) is 0 Å². The van der Waals surface area contributed by atoms with Gasteiger partial charge in [-0.05, 0) is 0 Å². The first kappa shape index (κ1) is 9.57. The molecule has 0 heterocycles. The van der Waals surface area contributed by atoms with Gasteiger partial charge in [0.05, 0.1) is 0 Å². The number of ketones is 1. The van der Waals surface area contributed by atoms with Crippen molar-refractivity contribution in [1.82, 2.24) is 0 Å². The average molecular weight is 208 g/mol. The molecular weight excluding hydrogens is 206 g/mol. The lowest BCUT2D eigenvalue weighted by Crippen LogP contribution is -2.02. The van der Waals surface area contributed by atoms with Crippen molar-refractivity contribution < 1.29 is 4.79 Å². The molecule has 0 rings (SSSR count). The second-order valence-electron chi connectivity index (χ2n) is 1.14. The maximum absolute atomic E-state index is 10.4. The minimum Gasteiger partial charge on any atom is -0.292 e. The lowest BCUT2D eigenvalue weighted by atomic mass is 10.4. The zero-order valence-corrected chi connectivity index (χ0v) is 7.10. The van der Waals surface area contributed by atoms with Gasteiger partial charge < -0.3 is 0 Å². The summed E-state index contributed by atoms with van der Waals surface area (Å²) in [5.74, 6) is -0.515. The molecule has 0 bridgehead atoms. The zero-order chi connectivity index (χ0) is 7.44. The van der Waals surface area contributed by atoms with E-state index < -0.39 is 10.6 Å². The van der Waals surface area contributed by atoms with Crippen LogP contribution in [-0.2, 0) is 4.79 Å². The van der Waals surface area contributed by atoms with Crippen molar-refractivity contribution in [3.8, 4) is 0 Å². The zero-order valence-electron chi connectivity index (χ0n) is 4.07. The largest absolute Gasteiger partial charge is 0.292 e. The molecule has 0 amide bonds. The predicted molar refractivity (Wildman–Crippen MR) is 40.3 cm³/mol. The molecule has 5 heteroatoms. The van der Waals surface area contributed by atoms with Crippen LogP contribution in [0.15, 0.2) is 10.6 Å². The van der Waals surface area contributed by atoms with Gasteiger partial charge in [-0.2, -0.15) is 0 Å². The lowest BCUT2D eigenvalue weighted by molar-refractivity contribution is -0.113. The Hall–Kier alpha value is 0.570. The van der Waals surface area contributed by atoms with Gasteiger partial charge >= 0.3 is 0 Å². The molecular formula is C4H2Cl4O. The Labute approximate surface area is 72.5 Å². The molecule has 9 heavy (non-hydrogen) atoms. The third-order valence-electron chi connectivity index (χ3n) is 0.466. The second kappa shape index (κ2) is 4.40. The van der Waals surface area contributed by atoms with Crippen molar-refractivity contribution in [3.05, 3.63) is 10.6 Å². The maximum atomic E-state index is 10.4. The molecule has 0 fully saturated rings. The number of allylic oxidation sites excluding steroid dienone is 1. The van der Waals surface area contributed by atoms with Crippen molar-refractivity contribution in [1.29, 1.82) is 0 Å². The highest BCUT2D eigenvalue weighted by Gasteiger charge is 2.07. The third-order valence-corrected chi connectivity index (χ3v) is 1.11. The van der Waals surface area contributed by atoms with Gasteiger partial charge in [-0.15, -0.1) is 0 Å². The summed E-state index contributed by atoms with van der Waals surface area (Å²) < 4.78 is -0.147. The number of carbonyl (C=O) groups excluding carboxylic acids is 1.